The van der Waals surface area contributed by atoms with E-state index in [9.17, 15) is 0 Å². The number of rotatable bonds is 7. The van der Waals surface area contributed by atoms with E-state index >= 15 is 0 Å². The Morgan fingerprint density at radius 3 is 2.58 bits per heavy atom. The molecule has 0 atom stereocenters. The van der Waals surface area contributed by atoms with Crippen molar-refractivity contribution in [2.45, 2.75) is 33.5 Å². The zero-order chi connectivity index (χ0) is 25.2. The zero-order valence-corrected chi connectivity index (χ0v) is 22.4. The van der Waals surface area contributed by atoms with Gasteiger partial charge in [0.25, 0.3) is 0 Å². The van der Waals surface area contributed by atoms with Crippen LogP contribution >= 0.6 is 23.2 Å². The van der Waals surface area contributed by atoms with E-state index in [1.807, 2.05) is 41.2 Å². The molecule has 0 radical (unpaired) electrons. The standard InChI is InChI=1S/C27H30Cl2N6O/c1-4-35-18(2)20(15-30-35)16-33(3)17-25-22-13-23(29)26(34-8-10-36-11-9-34)14-24(22)31-27(32-25)19-6-5-7-21(28)12-19/h5-7,12-15H,4,8-11,16-17H2,1-3H3. The van der Waals surface area contributed by atoms with Crippen LogP contribution in [0.3, 0.4) is 0 Å². The Morgan fingerprint density at radius 1 is 1.06 bits per heavy atom. The summed E-state index contributed by atoms with van der Waals surface area (Å²) in [6.45, 7) is 9.47. The number of benzene rings is 2. The fourth-order valence-electron chi connectivity index (χ4n) is 4.69. The normalized spacial score (nSPS) is 14.2. The van der Waals surface area contributed by atoms with Crippen molar-refractivity contribution in [1.82, 2.24) is 24.6 Å². The minimum atomic E-state index is 0.635. The van der Waals surface area contributed by atoms with Crippen molar-refractivity contribution in [2.24, 2.45) is 0 Å². The molecular weight excluding hydrogens is 495 g/mol. The van der Waals surface area contributed by atoms with Crippen molar-refractivity contribution in [2.75, 3.05) is 38.3 Å². The zero-order valence-electron chi connectivity index (χ0n) is 20.8. The van der Waals surface area contributed by atoms with Gasteiger partial charge in [-0.05, 0) is 45.2 Å². The molecule has 0 N–H and O–H groups in total. The third kappa shape index (κ3) is 5.20. The van der Waals surface area contributed by atoms with Gasteiger partial charge >= 0.3 is 0 Å². The first kappa shape index (κ1) is 25.0. The lowest BCUT2D eigenvalue weighted by Crippen LogP contribution is -2.36. The smallest absolute Gasteiger partial charge is 0.160 e. The van der Waals surface area contributed by atoms with Crippen LogP contribution in [0.2, 0.25) is 10.0 Å². The van der Waals surface area contributed by atoms with Gasteiger partial charge in [0, 0.05) is 60.0 Å². The number of hydrogen-bond acceptors (Lipinski definition) is 6. The summed E-state index contributed by atoms with van der Waals surface area (Å²) in [4.78, 5) is 14.4. The van der Waals surface area contributed by atoms with Gasteiger partial charge in [-0.3, -0.25) is 9.58 Å². The van der Waals surface area contributed by atoms with E-state index in [0.29, 0.717) is 35.6 Å². The van der Waals surface area contributed by atoms with Crippen LogP contribution < -0.4 is 4.90 Å². The molecule has 4 aromatic rings. The van der Waals surface area contributed by atoms with Crippen LogP contribution in [0.1, 0.15) is 23.9 Å². The van der Waals surface area contributed by atoms with Crippen LogP contribution in [0.5, 0.6) is 0 Å². The fourth-order valence-corrected chi connectivity index (χ4v) is 5.16. The molecule has 5 rings (SSSR count). The molecule has 1 aliphatic rings. The third-order valence-electron chi connectivity index (χ3n) is 6.64. The van der Waals surface area contributed by atoms with Crippen molar-refractivity contribution in [3.8, 4) is 11.4 Å². The maximum absolute atomic E-state index is 6.81. The lowest BCUT2D eigenvalue weighted by molar-refractivity contribution is 0.122. The molecule has 36 heavy (non-hydrogen) atoms. The number of morpholine rings is 1. The Hall–Kier alpha value is -2.71. The highest BCUT2D eigenvalue weighted by atomic mass is 35.5. The van der Waals surface area contributed by atoms with Crippen LogP contribution in [0.4, 0.5) is 5.69 Å². The maximum atomic E-state index is 6.81. The number of nitrogens with zero attached hydrogens (tertiary/aromatic N) is 6. The average Bonchev–Trinajstić information content (AvgIpc) is 3.23. The summed E-state index contributed by atoms with van der Waals surface area (Å²) in [6.07, 6.45) is 1.95. The number of aryl methyl sites for hydroxylation is 1. The lowest BCUT2D eigenvalue weighted by Gasteiger charge is -2.30. The molecule has 7 nitrogen and oxygen atoms in total. The number of fused-ring (bicyclic) bond motifs is 1. The van der Waals surface area contributed by atoms with Crippen LogP contribution in [0.25, 0.3) is 22.3 Å². The van der Waals surface area contributed by atoms with Crippen LogP contribution in [0.15, 0.2) is 42.6 Å². The summed E-state index contributed by atoms with van der Waals surface area (Å²) >= 11 is 13.1. The molecule has 0 spiro atoms. The molecule has 1 aliphatic heterocycles. The number of ether oxygens (including phenoxy) is 1. The molecule has 0 saturated carbocycles. The maximum Gasteiger partial charge on any atom is 0.160 e. The Bertz CT molecular complexity index is 1380. The molecule has 1 saturated heterocycles. The van der Waals surface area contributed by atoms with Gasteiger partial charge in [0.1, 0.15) is 0 Å². The predicted molar refractivity (Wildman–Crippen MR) is 146 cm³/mol. The predicted octanol–water partition coefficient (Wildman–Crippen LogP) is 5.60. The number of halogens is 2. The lowest BCUT2D eigenvalue weighted by atomic mass is 10.1. The van der Waals surface area contributed by atoms with Crippen LogP contribution in [0, 0.1) is 6.92 Å². The number of anilines is 1. The van der Waals surface area contributed by atoms with E-state index in [-0.39, 0.29) is 0 Å². The van der Waals surface area contributed by atoms with Gasteiger partial charge in [0.05, 0.1) is 41.3 Å². The topological polar surface area (TPSA) is 59.3 Å². The second-order valence-corrected chi connectivity index (χ2v) is 10.0. The van der Waals surface area contributed by atoms with E-state index in [1.165, 1.54) is 11.3 Å². The van der Waals surface area contributed by atoms with E-state index < -0.39 is 0 Å². The molecule has 0 amide bonds. The number of aromatic nitrogens is 4. The third-order valence-corrected chi connectivity index (χ3v) is 7.18. The molecular formula is C27H30Cl2N6O. The van der Waals surface area contributed by atoms with Gasteiger partial charge in [0.15, 0.2) is 5.82 Å². The van der Waals surface area contributed by atoms with E-state index in [4.69, 9.17) is 37.9 Å². The molecule has 0 unspecified atom stereocenters. The molecule has 3 heterocycles. The summed E-state index contributed by atoms with van der Waals surface area (Å²) in [6, 6.07) is 11.8. The fraction of sp³-hybridized carbons (Fsp3) is 0.370. The molecule has 188 valence electrons. The molecule has 2 aromatic carbocycles. The summed E-state index contributed by atoms with van der Waals surface area (Å²) in [7, 11) is 2.10. The van der Waals surface area contributed by atoms with Crippen molar-refractivity contribution < 1.29 is 4.74 Å². The van der Waals surface area contributed by atoms with Crippen molar-refractivity contribution in [3.63, 3.8) is 0 Å². The molecule has 1 fully saturated rings. The Morgan fingerprint density at radius 2 is 1.86 bits per heavy atom. The van der Waals surface area contributed by atoms with Gasteiger partial charge < -0.3 is 9.64 Å². The first-order valence-electron chi connectivity index (χ1n) is 12.2. The number of hydrogen-bond donors (Lipinski definition) is 0. The second-order valence-electron chi connectivity index (χ2n) is 9.17. The highest BCUT2D eigenvalue weighted by Crippen LogP contribution is 2.34. The molecule has 2 aromatic heterocycles. The first-order valence-corrected chi connectivity index (χ1v) is 13.0. The monoisotopic (exact) mass is 524 g/mol. The van der Waals surface area contributed by atoms with Crippen molar-refractivity contribution >= 4 is 39.8 Å². The Labute approximate surface area is 221 Å². The van der Waals surface area contributed by atoms with Crippen molar-refractivity contribution in [1.29, 1.82) is 0 Å². The summed E-state index contributed by atoms with van der Waals surface area (Å²) in [5, 5.41) is 6.80. The first-order chi connectivity index (χ1) is 17.4. The van der Waals surface area contributed by atoms with E-state index in [1.54, 1.807) is 0 Å². The van der Waals surface area contributed by atoms with Gasteiger partial charge in [-0.25, -0.2) is 9.97 Å². The SMILES string of the molecule is CCn1ncc(CN(C)Cc2nc(-c3cccc(Cl)c3)nc3cc(N4CCOCC4)c(Cl)cc23)c1C. The van der Waals surface area contributed by atoms with Crippen LogP contribution in [-0.2, 0) is 24.4 Å². The van der Waals surface area contributed by atoms with E-state index in [0.717, 1.165) is 54.0 Å². The van der Waals surface area contributed by atoms with E-state index in [2.05, 4.69) is 41.9 Å². The quantitative estimate of drug-likeness (QED) is 0.313. The second kappa shape index (κ2) is 10.7. The highest BCUT2D eigenvalue weighted by Gasteiger charge is 2.19. The highest BCUT2D eigenvalue weighted by molar-refractivity contribution is 6.34. The Balaban J connectivity index is 1.55. The van der Waals surface area contributed by atoms with Crippen LogP contribution in [-0.4, -0.2) is 58.0 Å². The average molecular weight is 525 g/mol. The van der Waals surface area contributed by atoms with Gasteiger partial charge in [-0.15, -0.1) is 0 Å². The minimum absolute atomic E-state index is 0.635. The summed E-state index contributed by atoms with van der Waals surface area (Å²) < 4.78 is 7.55. The van der Waals surface area contributed by atoms with Crippen molar-refractivity contribution in [3.05, 3.63) is 69.6 Å². The summed E-state index contributed by atoms with van der Waals surface area (Å²) in [5.74, 6) is 0.652. The molecule has 9 heteroatoms. The molecule has 0 bridgehead atoms. The molecule has 0 aliphatic carbocycles. The van der Waals surface area contributed by atoms with Gasteiger partial charge in [-0.2, -0.15) is 5.10 Å². The van der Waals surface area contributed by atoms with Gasteiger partial charge in [-0.1, -0.05) is 35.3 Å². The van der Waals surface area contributed by atoms with Gasteiger partial charge in [0.2, 0.25) is 0 Å². The minimum Gasteiger partial charge on any atom is -0.378 e. The largest absolute Gasteiger partial charge is 0.378 e. The Kier molecular flexibility index (Phi) is 7.44. The summed E-state index contributed by atoms with van der Waals surface area (Å²) in [5.41, 5.74) is 6.05.